The molecule has 2 heterocycles. The number of hydrogen-bond donors (Lipinski definition) is 0. The largest absolute Gasteiger partial charge is 0.508 e. The van der Waals surface area contributed by atoms with Gasteiger partial charge in [0.05, 0.1) is 19.8 Å². The first-order chi connectivity index (χ1) is 20.7. The summed E-state index contributed by atoms with van der Waals surface area (Å²) in [4.78, 5) is 49.8. The summed E-state index contributed by atoms with van der Waals surface area (Å²) in [6, 6.07) is 6.35. The van der Waals surface area contributed by atoms with E-state index in [9.17, 15) is 19.2 Å². The first-order valence-corrected chi connectivity index (χ1v) is 15.6. The molecule has 0 aliphatic carbocycles. The fraction of sp³-hybridized carbons (Fsp3) is 0.600. The van der Waals surface area contributed by atoms with Crippen molar-refractivity contribution >= 4 is 41.2 Å². The molecule has 1 aliphatic heterocycles. The lowest BCUT2D eigenvalue weighted by Gasteiger charge is -2.39. The minimum atomic E-state index is -1.32. The maximum Gasteiger partial charge on any atom is 0.508 e. The smallest absolute Gasteiger partial charge is 0.476 e. The molecule has 13 heteroatoms. The maximum absolute atomic E-state index is 12.7. The average Bonchev–Trinajstić information content (AvgIpc) is 2.96. The Morgan fingerprint density at radius 1 is 0.814 bits per heavy atom. The van der Waals surface area contributed by atoms with Crippen molar-refractivity contribution in [3.63, 3.8) is 0 Å². The van der Waals surface area contributed by atoms with E-state index in [0.717, 1.165) is 30.2 Å². The van der Waals surface area contributed by atoms with Crippen LogP contribution in [0.2, 0.25) is 0 Å². The molecule has 0 saturated carbocycles. The Kier molecular flexibility index (Phi) is 13.8. The number of carbonyl (C=O) groups excluding carboxylic acids is 3. The molecule has 1 aliphatic rings. The molecule has 0 unspecified atom stereocenters. The molecule has 1 aromatic carbocycles. The Hall–Kier alpha value is -3.61. The molecule has 43 heavy (non-hydrogen) atoms. The van der Waals surface area contributed by atoms with Gasteiger partial charge in [-0.2, -0.15) is 0 Å². The Labute approximate surface area is 254 Å². The number of thioether (sulfide) groups is 1. The summed E-state index contributed by atoms with van der Waals surface area (Å²) in [7, 11) is 0. The van der Waals surface area contributed by atoms with Crippen molar-refractivity contribution in [3.05, 3.63) is 40.2 Å². The highest BCUT2D eigenvalue weighted by atomic mass is 32.2. The van der Waals surface area contributed by atoms with Crippen LogP contribution in [0.1, 0.15) is 64.9 Å². The topological polar surface area (TPSA) is 146 Å². The summed E-state index contributed by atoms with van der Waals surface area (Å²) in [5.74, 6) is 0.404. The molecule has 2 aromatic rings. The number of aryl methyl sites for hydroxylation is 1. The van der Waals surface area contributed by atoms with E-state index >= 15 is 0 Å². The maximum atomic E-state index is 12.7. The van der Waals surface area contributed by atoms with Crippen LogP contribution in [0.4, 0.5) is 14.4 Å². The lowest BCUT2D eigenvalue weighted by molar-refractivity contribution is -0.120. The predicted molar refractivity (Wildman–Crippen MR) is 157 cm³/mol. The van der Waals surface area contributed by atoms with Gasteiger partial charge in [0.25, 0.3) is 0 Å². The molecule has 4 atom stereocenters. The first kappa shape index (κ1) is 33.9. The zero-order chi connectivity index (χ0) is 31.2. The van der Waals surface area contributed by atoms with Gasteiger partial charge < -0.3 is 37.6 Å². The van der Waals surface area contributed by atoms with Gasteiger partial charge in [0.15, 0.2) is 23.7 Å². The van der Waals surface area contributed by atoms with E-state index in [1.165, 1.54) is 17.8 Å². The number of benzene rings is 1. The molecule has 12 nitrogen and oxygen atoms in total. The van der Waals surface area contributed by atoms with E-state index in [-0.39, 0.29) is 25.6 Å². The molecule has 3 rings (SSSR count). The second-order valence-electron chi connectivity index (χ2n) is 9.90. The van der Waals surface area contributed by atoms with Gasteiger partial charge in [-0.25, -0.2) is 19.2 Å². The third kappa shape index (κ3) is 10.6. The summed E-state index contributed by atoms with van der Waals surface area (Å²) >= 11 is 1.17. The highest BCUT2D eigenvalue weighted by Gasteiger charge is 2.49. The predicted octanol–water partition coefficient (Wildman–Crippen LogP) is 6.52. The zero-order valence-electron chi connectivity index (χ0n) is 25.0. The van der Waals surface area contributed by atoms with Gasteiger partial charge >= 0.3 is 24.1 Å². The standard InChI is InChI=1S/C30H40O12S/c1-5-8-13-35-28(32)40-23-18-43-27(38-20-11-12-21-19(4)16-24(31)39-22(21)17-20)26(42-30(34)37-15-10-7-3)25(23)41-29(33)36-14-9-6-2/h11-12,16-17,23,25-27H,5-10,13-15,18H2,1-4H3/t23-,25+,26-,27-/m1/s1. The van der Waals surface area contributed by atoms with Gasteiger partial charge in [-0.3, -0.25) is 0 Å². The minimum absolute atomic E-state index is 0.104. The summed E-state index contributed by atoms with van der Waals surface area (Å²) < 4.78 is 43.8. The molecule has 1 fully saturated rings. The fourth-order valence-electron chi connectivity index (χ4n) is 4.07. The molecule has 1 aromatic heterocycles. The van der Waals surface area contributed by atoms with E-state index in [1.807, 2.05) is 20.8 Å². The minimum Gasteiger partial charge on any atom is -0.476 e. The van der Waals surface area contributed by atoms with Crippen molar-refractivity contribution in [1.29, 1.82) is 0 Å². The Balaban J connectivity index is 1.89. The SMILES string of the molecule is CCCCOC(=O)O[C@@H]1[C@@H](OC(=O)OCCCC)[C@H](OC(=O)OCCCC)CS[C@H]1Oc1ccc2c(C)cc(=O)oc2c1. The lowest BCUT2D eigenvalue weighted by atomic mass is 10.1. The third-order valence-corrected chi connectivity index (χ3v) is 7.64. The van der Waals surface area contributed by atoms with Gasteiger partial charge in [0.1, 0.15) is 11.3 Å². The third-order valence-electron chi connectivity index (χ3n) is 6.42. The zero-order valence-corrected chi connectivity index (χ0v) is 25.8. The van der Waals surface area contributed by atoms with E-state index in [1.54, 1.807) is 25.1 Å². The summed E-state index contributed by atoms with van der Waals surface area (Å²) in [6.45, 7) is 8.03. The molecule has 0 radical (unpaired) electrons. The highest BCUT2D eigenvalue weighted by molar-refractivity contribution is 7.99. The van der Waals surface area contributed by atoms with Crippen molar-refractivity contribution in [3.8, 4) is 5.75 Å². The molecule has 0 N–H and O–H groups in total. The number of rotatable bonds is 14. The van der Waals surface area contributed by atoms with Crippen LogP contribution in [-0.2, 0) is 28.4 Å². The molecule has 0 amide bonds. The van der Waals surface area contributed by atoms with Crippen molar-refractivity contribution in [1.82, 2.24) is 0 Å². The van der Waals surface area contributed by atoms with Crippen LogP contribution in [0.15, 0.2) is 33.5 Å². The number of carbonyl (C=O) groups is 3. The van der Waals surface area contributed by atoms with Gasteiger partial charge in [-0.1, -0.05) is 40.0 Å². The second-order valence-corrected chi connectivity index (χ2v) is 11.0. The first-order valence-electron chi connectivity index (χ1n) is 14.6. The Morgan fingerprint density at radius 2 is 1.37 bits per heavy atom. The molecular formula is C30H40O12S. The molecule has 238 valence electrons. The van der Waals surface area contributed by atoms with E-state index in [0.29, 0.717) is 30.6 Å². The van der Waals surface area contributed by atoms with E-state index in [4.69, 9.17) is 37.6 Å². The summed E-state index contributed by atoms with van der Waals surface area (Å²) in [6.07, 6.45) is -2.37. The van der Waals surface area contributed by atoms with Gasteiger partial charge in [0.2, 0.25) is 0 Å². The quantitative estimate of drug-likeness (QED) is 0.0973. The summed E-state index contributed by atoms with van der Waals surface area (Å²) in [5.41, 5.74) is -0.409. The molecule has 0 bridgehead atoms. The van der Waals surface area contributed by atoms with E-state index < -0.39 is 47.8 Å². The summed E-state index contributed by atoms with van der Waals surface area (Å²) in [5, 5.41) is 0.724. The highest BCUT2D eigenvalue weighted by Crippen LogP contribution is 2.35. The van der Waals surface area contributed by atoms with Crippen molar-refractivity contribution in [2.75, 3.05) is 25.6 Å². The number of ether oxygens (including phenoxy) is 7. The molecule has 1 saturated heterocycles. The van der Waals surface area contributed by atoms with Crippen LogP contribution in [0.25, 0.3) is 11.0 Å². The van der Waals surface area contributed by atoms with Crippen LogP contribution in [0.5, 0.6) is 5.75 Å². The monoisotopic (exact) mass is 624 g/mol. The number of fused-ring (bicyclic) bond motifs is 1. The number of hydrogen-bond acceptors (Lipinski definition) is 13. The van der Waals surface area contributed by atoms with Gasteiger partial charge in [-0.15, -0.1) is 11.8 Å². The second kappa shape index (κ2) is 17.5. The van der Waals surface area contributed by atoms with Crippen LogP contribution in [0.3, 0.4) is 0 Å². The average molecular weight is 625 g/mol. The van der Waals surface area contributed by atoms with Crippen molar-refractivity contribution in [2.24, 2.45) is 0 Å². The van der Waals surface area contributed by atoms with Gasteiger partial charge in [0, 0.05) is 23.3 Å². The Bertz CT molecular complexity index is 1260. The Morgan fingerprint density at radius 3 is 1.95 bits per heavy atom. The van der Waals surface area contributed by atoms with Crippen LogP contribution < -0.4 is 10.4 Å². The molecular weight excluding hydrogens is 584 g/mol. The molecule has 0 spiro atoms. The van der Waals surface area contributed by atoms with Crippen LogP contribution in [-0.4, -0.2) is 67.8 Å². The van der Waals surface area contributed by atoms with Crippen molar-refractivity contribution < 1.29 is 52.0 Å². The fourth-order valence-corrected chi connectivity index (χ4v) is 5.29. The normalized spacial score (nSPS) is 19.7. The lowest BCUT2D eigenvalue weighted by Crippen LogP contribution is -2.56. The number of unbranched alkanes of at least 4 members (excludes halogenated alkanes) is 3. The van der Waals surface area contributed by atoms with Crippen LogP contribution in [0, 0.1) is 6.92 Å². The van der Waals surface area contributed by atoms with Crippen LogP contribution >= 0.6 is 11.8 Å². The van der Waals surface area contributed by atoms with E-state index in [2.05, 4.69) is 0 Å². The van der Waals surface area contributed by atoms with Gasteiger partial charge in [-0.05, 0) is 43.9 Å². The van der Waals surface area contributed by atoms with Crippen molar-refractivity contribution in [2.45, 2.75) is 90.0 Å².